The molecule has 0 radical (unpaired) electrons. The molecule has 43 heavy (non-hydrogen) atoms. The van der Waals surface area contributed by atoms with E-state index in [9.17, 15) is 9.65 Å². The zero-order valence-corrected chi connectivity index (χ0v) is 25.6. The van der Waals surface area contributed by atoms with Gasteiger partial charge in [0, 0.05) is 42.2 Å². The van der Waals surface area contributed by atoms with E-state index in [0.29, 0.717) is 44.6 Å². The van der Waals surface area contributed by atoms with Crippen LogP contribution >= 0.6 is 34.5 Å². The highest BCUT2D eigenvalue weighted by molar-refractivity contribution is 7.09. The summed E-state index contributed by atoms with van der Waals surface area (Å²) in [6.45, 7) is 5.45. The Morgan fingerprint density at radius 1 is 1.14 bits per heavy atom. The van der Waals surface area contributed by atoms with Crippen LogP contribution in [-0.4, -0.2) is 49.5 Å². The van der Waals surface area contributed by atoms with Crippen molar-refractivity contribution < 1.29 is 4.39 Å². The summed E-state index contributed by atoms with van der Waals surface area (Å²) in [6.07, 6.45) is 8.51. The molecule has 6 rings (SSSR count). The van der Waals surface area contributed by atoms with E-state index in [-0.39, 0.29) is 11.1 Å². The van der Waals surface area contributed by atoms with Gasteiger partial charge in [0.1, 0.15) is 23.6 Å². The molecule has 1 atom stereocenters. The molecule has 2 N–H and O–H groups in total. The van der Waals surface area contributed by atoms with Gasteiger partial charge in [0.25, 0.3) is 0 Å². The van der Waals surface area contributed by atoms with Gasteiger partial charge in [-0.05, 0) is 56.1 Å². The number of nitriles is 1. The van der Waals surface area contributed by atoms with Crippen LogP contribution < -0.4 is 10.6 Å². The van der Waals surface area contributed by atoms with E-state index in [1.54, 1.807) is 17.6 Å². The van der Waals surface area contributed by atoms with Crippen molar-refractivity contribution in [3.05, 3.63) is 86.4 Å². The predicted octanol–water partition coefficient (Wildman–Crippen LogP) is 7.59. The maximum atomic E-state index is 13.8. The number of thiazole rings is 1. The average molecular weight is 637 g/mol. The minimum absolute atomic E-state index is 0.0331. The Bertz CT molecular complexity index is 1780. The maximum absolute atomic E-state index is 13.8. The van der Waals surface area contributed by atoms with Crippen molar-refractivity contribution in [1.82, 2.24) is 29.9 Å². The number of nitrogens with zero attached hydrogens (tertiary/aromatic N) is 7. The van der Waals surface area contributed by atoms with Crippen molar-refractivity contribution in [2.75, 3.05) is 30.3 Å². The molecule has 1 saturated heterocycles. The molecule has 0 spiro atoms. The molecule has 1 aliphatic heterocycles. The van der Waals surface area contributed by atoms with Gasteiger partial charge in [-0.3, -0.25) is 9.97 Å². The summed E-state index contributed by atoms with van der Waals surface area (Å²) in [7, 11) is 0. The smallest absolute Gasteiger partial charge is 0.141 e. The Balaban J connectivity index is 1.33. The molecule has 0 bridgehead atoms. The number of pyridine rings is 1. The number of nitrogens with one attached hydrogen (secondary N) is 2. The molecule has 1 fully saturated rings. The summed E-state index contributed by atoms with van der Waals surface area (Å²) in [6, 6.07) is 10.1. The lowest BCUT2D eigenvalue weighted by atomic mass is 10.0. The third kappa shape index (κ3) is 6.28. The highest BCUT2D eigenvalue weighted by Gasteiger charge is 2.25. The number of anilines is 3. The first-order chi connectivity index (χ1) is 20.9. The van der Waals surface area contributed by atoms with E-state index in [2.05, 4.69) is 48.8 Å². The van der Waals surface area contributed by atoms with Crippen molar-refractivity contribution >= 4 is 62.5 Å². The second-order valence-corrected chi connectivity index (χ2v) is 12.2. The van der Waals surface area contributed by atoms with Crippen LogP contribution in [0.4, 0.5) is 21.5 Å². The molecule has 0 unspecified atom stereocenters. The Hall–Kier alpha value is -3.82. The van der Waals surface area contributed by atoms with Gasteiger partial charge < -0.3 is 15.5 Å². The van der Waals surface area contributed by atoms with Crippen LogP contribution in [-0.2, 0) is 0 Å². The van der Waals surface area contributed by atoms with Crippen molar-refractivity contribution in [3.63, 3.8) is 0 Å². The Labute approximate surface area is 262 Å². The topological polar surface area (TPSA) is 108 Å². The maximum Gasteiger partial charge on any atom is 0.141 e. The standard InChI is InChI=1S/C30H28Cl2FN9S/c1-2-7-41-8-5-21(6-9-41)42-16-26(39-40-42)30(27-15-35-17-43-27)38-20-10-22-28(37-19-3-4-25(33)23(31)11-19)18(13-34)14-36-29(22)24(32)12-20/h3-4,10-12,14-17,21,30,38H,2,5-9H2,1H3,(H,36,37)/t30-/m1/s1. The second kappa shape index (κ2) is 12.8. The number of benzene rings is 2. The van der Waals surface area contributed by atoms with Gasteiger partial charge in [-0.1, -0.05) is 35.3 Å². The number of halogens is 3. The lowest BCUT2D eigenvalue weighted by Gasteiger charge is -2.31. The first kappa shape index (κ1) is 29.3. The Morgan fingerprint density at radius 3 is 2.67 bits per heavy atom. The molecule has 9 nitrogen and oxygen atoms in total. The zero-order valence-electron chi connectivity index (χ0n) is 23.3. The van der Waals surface area contributed by atoms with E-state index in [1.165, 1.54) is 29.7 Å². The van der Waals surface area contributed by atoms with E-state index < -0.39 is 5.82 Å². The normalized spacial score (nSPS) is 15.0. The second-order valence-electron chi connectivity index (χ2n) is 10.4. The molecule has 1 aliphatic rings. The summed E-state index contributed by atoms with van der Waals surface area (Å²) >= 11 is 14.3. The molecule has 220 valence electrons. The average Bonchev–Trinajstić information content (AvgIpc) is 3.72. The van der Waals surface area contributed by atoms with Crippen LogP contribution in [0.3, 0.4) is 0 Å². The Kier molecular flexibility index (Phi) is 8.72. The van der Waals surface area contributed by atoms with E-state index >= 15 is 0 Å². The largest absolute Gasteiger partial charge is 0.372 e. The fourth-order valence-corrected chi connectivity index (χ4v) is 6.56. The monoisotopic (exact) mass is 635 g/mol. The van der Waals surface area contributed by atoms with Crippen molar-refractivity contribution in [2.45, 2.75) is 38.3 Å². The molecule has 3 aromatic heterocycles. The van der Waals surface area contributed by atoms with Gasteiger partial charge >= 0.3 is 0 Å². The summed E-state index contributed by atoms with van der Waals surface area (Å²) in [5, 5.41) is 26.7. The number of fused-ring (bicyclic) bond motifs is 1. The molecule has 4 heterocycles. The van der Waals surface area contributed by atoms with Gasteiger partial charge in [0.15, 0.2) is 0 Å². The first-order valence-corrected chi connectivity index (χ1v) is 15.6. The highest BCUT2D eigenvalue weighted by atomic mass is 35.5. The minimum atomic E-state index is -0.533. The first-order valence-electron chi connectivity index (χ1n) is 14.0. The van der Waals surface area contributed by atoms with Crippen LogP contribution in [0.15, 0.2) is 54.4 Å². The fourth-order valence-electron chi connectivity index (χ4n) is 5.43. The zero-order chi connectivity index (χ0) is 29.9. The van der Waals surface area contributed by atoms with Gasteiger partial charge in [0.05, 0.1) is 49.4 Å². The van der Waals surface area contributed by atoms with Crippen LogP contribution in [0.25, 0.3) is 10.9 Å². The minimum Gasteiger partial charge on any atom is -0.372 e. The highest BCUT2D eigenvalue weighted by Crippen LogP contribution is 2.37. The third-order valence-corrected chi connectivity index (χ3v) is 8.99. The lowest BCUT2D eigenvalue weighted by Crippen LogP contribution is -2.35. The van der Waals surface area contributed by atoms with Gasteiger partial charge in [-0.15, -0.1) is 16.4 Å². The van der Waals surface area contributed by atoms with E-state index in [1.807, 2.05) is 23.1 Å². The number of hydrogen-bond donors (Lipinski definition) is 2. The summed E-state index contributed by atoms with van der Waals surface area (Å²) in [4.78, 5) is 12.2. The van der Waals surface area contributed by atoms with Crippen LogP contribution in [0.2, 0.25) is 10.0 Å². The quantitative estimate of drug-likeness (QED) is 0.170. The summed E-state index contributed by atoms with van der Waals surface area (Å²) in [5.41, 5.74) is 5.05. The number of aromatic nitrogens is 5. The molecule has 2 aromatic carbocycles. The van der Waals surface area contributed by atoms with Crippen LogP contribution in [0, 0.1) is 17.1 Å². The van der Waals surface area contributed by atoms with Crippen LogP contribution in [0.5, 0.6) is 0 Å². The predicted molar refractivity (Wildman–Crippen MR) is 169 cm³/mol. The van der Waals surface area contributed by atoms with Gasteiger partial charge in [-0.25, -0.2) is 9.07 Å². The van der Waals surface area contributed by atoms with Crippen molar-refractivity contribution in [2.24, 2.45) is 0 Å². The van der Waals surface area contributed by atoms with Gasteiger partial charge in [0.2, 0.25) is 0 Å². The molecule has 0 saturated carbocycles. The number of piperidine rings is 1. The van der Waals surface area contributed by atoms with Crippen LogP contribution in [0.1, 0.15) is 54.4 Å². The summed E-state index contributed by atoms with van der Waals surface area (Å²) in [5.74, 6) is -0.533. The lowest BCUT2D eigenvalue weighted by molar-refractivity contribution is 0.179. The van der Waals surface area contributed by atoms with Crippen molar-refractivity contribution in [3.8, 4) is 6.07 Å². The molecular formula is C30H28Cl2FN9S. The molecule has 0 aliphatic carbocycles. The molecule has 5 aromatic rings. The number of hydrogen-bond acceptors (Lipinski definition) is 9. The SMILES string of the molecule is CCCN1CCC(n2cc([C@@H](Nc3cc(Cl)c4ncc(C#N)c(Nc5ccc(F)c(Cl)c5)c4c3)c3cncs3)nn2)CC1. The molecular weight excluding hydrogens is 608 g/mol. The fraction of sp³-hybridized carbons (Fsp3) is 0.300. The molecule has 13 heteroatoms. The number of rotatable bonds is 9. The number of likely N-dealkylation sites (tertiary alicyclic amines) is 1. The van der Waals surface area contributed by atoms with E-state index in [0.717, 1.165) is 49.5 Å². The molecule has 0 amide bonds. The van der Waals surface area contributed by atoms with E-state index in [4.69, 9.17) is 23.2 Å². The Morgan fingerprint density at radius 2 is 1.95 bits per heavy atom. The third-order valence-electron chi connectivity index (χ3n) is 7.58. The van der Waals surface area contributed by atoms with Gasteiger partial charge in [-0.2, -0.15) is 5.26 Å². The van der Waals surface area contributed by atoms with Crippen molar-refractivity contribution in [1.29, 1.82) is 5.26 Å². The summed E-state index contributed by atoms with van der Waals surface area (Å²) < 4.78 is 15.8.